The average Bonchev–Trinajstić information content (AvgIpc) is 2.78. The number of rotatable bonds is 5. The lowest BCUT2D eigenvalue weighted by Crippen LogP contribution is -2.14. The molecule has 4 aromatic rings. The molecule has 4 rings (SSSR count). The molecule has 0 aliphatic heterocycles. The Balaban J connectivity index is 1.82. The maximum atomic E-state index is 13.3. The summed E-state index contributed by atoms with van der Waals surface area (Å²) in [7, 11) is 3.10. The number of benzene rings is 3. The SMILES string of the molecule is COc1ccc(OC)c(NC(=O)c2cc(-c3ccc(Cl)cc3Cl)nc3ccccc23)c1. The summed E-state index contributed by atoms with van der Waals surface area (Å²) in [5.41, 5.74) is 2.89. The van der Waals surface area contributed by atoms with Crippen LogP contribution in [0.1, 0.15) is 10.4 Å². The minimum Gasteiger partial charge on any atom is -0.497 e. The first-order chi connectivity index (χ1) is 15.0. The molecule has 0 aliphatic rings. The van der Waals surface area contributed by atoms with E-state index in [2.05, 4.69) is 5.32 Å². The van der Waals surface area contributed by atoms with E-state index in [1.54, 1.807) is 56.7 Å². The van der Waals surface area contributed by atoms with Crippen molar-refractivity contribution in [1.29, 1.82) is 0 Å². The maximum absolute atomic E-state index is 13.3. The molecular weight excluding hydrogens is 435 g/mol. The summed E-state index contributed by atoms with van der Waals surface area (Å²) in [6, 6.07) is 19.5. The summed E-state index contributed by atoms with van der Waals surface area (Å²) in [5.74, 6) is 0.814. The number of hydrogen-bond acceptors (Lipinski definition) is 4. The molecule has 0 saturated heterocycles. The van der Waals surface area contributed by atoms with Crippen LogP contribution in [0.25, 0.3) is 22.2 Å². The van der Waals surface area contributed by atoms with Crippen molar-refractivity contribution in [2.45, 2.75) is 0 Å². The molecule has 1 aromatic heterocycles. The zero-order valence-corrected chi connectivity index (χ0v) is 18.3. The van der Waals surface area contributed by atoms with Crippen LogP contribution >= 0.6 is 23.2 Å². The number of amides is 1. The Morgan fingerprint density at radius 1 is 0.935 bits per heavy atom. The van der Waals surface area contributed by atoms with Gasteiger partial charge < -0.3 is 14.8 Å². The predicted octanol–water partition coefficient (Wildman–Crippen LogP) is 6.48. The van der Waals surface area contributed by atoms with Crippen molar-refractivity contribution in [1.82, 2.24) is 4.98 Å². The fourth-order valence-corrected chi connectivity index (χ4v) is 3.81. The molecule has 0 spiro atoms. The van der Waals surface area contributed by atoms with E-state index < -0.39 is 0 Å². The molecule has 5 nitrogen and oxygen atoms in total. The summed E-state index contributed by atoms with van der Waals surface area (Å²) in [6.07, 6.45) is 0. The highest BCUT2D eigenvalue weighted by molar-refractivity contribution is 6.36. The first-order valence-electron chi connectivity index (χ1n) is 9.38. The standard InChI is InChI=1S/C24H18Cl2N2O3/c1-30-15-8-10-23(31-2)22(12-15)28-24(29)18-13-21(17-9-7-14(25)11-19(17)26)27-20-6-4-3-5-16(18)20/h3-13H,1-2H3,(H,28,29). The molecule has 0 aliphatic carbocycles. The second-order valence-electron chi connectivity index (χ2n) is 6.72. The molecule has 0 radical (unpaired) electrons. The van der Waals surface area contributed by atoms with Crippen molar-refractivity contribution in [3.63, 3.8) is 0 Å². The van der Waals surface area contributed by atoms with E-state index in [4.69, 9.17) is 37.7 Å². The topological polar surface area (TPSA) is 60.5 Å². The first kappa shape index (κ1) is 21.0. The van der Waals surface area contributed by atoms with Crippen LogP contribution in [0.15, 0.2) is 66.7 Å². The van der Waals surface area contributed by atoms with Gasteiger partial charge in [0, 0.05) is 22.0 Å². The number of carbonyl (C=O) groups excluding carboxylic acids is 1. The number of aromatic nitrogens is 1. The van der Waals surface area contributed by atoms with Crippen LogP contribution in [0.2, 0.25) is 10.0 Å². The number of pyridine rings is 1. The van der Waals surface area contributed by atoms with Crippen LogP contribution in [0.3, 0.4) is 0 Å². The van der Waals surface area contributed by atoms with Crippen LogP contribution in [0.4, 0.5) is 5.69 Å². The second kappa shape index (κ2) is 8.84. The van der Waals surface area contributed by atoms with Crippen molar-refractivity contribution in [3.05, 3.63) is 82.3 Å². The predicted molar refractivity (Wildman–Crippen MR) is 125 cm³/mol. The Bertz CT molecular complexity index is 1290. The number of nitrogens with zero attached hydrogens (tertiary/aromatic N) is 1. The van der Waals surface area contributed by atoms with Gasteiger partial charge in [-0.2, -0.15) is 0 Å². The quantitative estimate of drug-likeness (QED) is 0.376. The highest BCUT2D eigenvalue weighted by atomic mass is 35.5. The summed E-state index contributed by atoms with van der Waals surface area (Å²) in [6.45, 7) is 0. The number of halogens is 2. The smallest absolute Gasteiger partial charge is 0.256 e. The number of hydrogen-bond donors (Lipinski definition) is 1. The molecule has 1 heterocycles. The van der Waals surface area contributed by atoms with Crippen LogP contribution < -0.4 is 14.8 Å². The fraction of sp³-hybridized carbons (Fsp3) is 0.0833. The van der Waals surface area contributed by atoms with Gasteiger partial charge in [-0.25, -0.2) is 4.98 Å². The molecular formula is C24H18Cl2N2O3. The molecule has 7 heteroatoms. The molecule has 0 unspecified atom stereocenters. The normalized spacial score (nSPS) is 10.7. The van der Waals surface area contributed by atoms with Crippen LogP contribution in [-0.4, -0.2) is 25.1 Å². The van der Waals surface area contributed by atoms with Crippen LogP contribution in [0.5, 0.6) is 11.5 Å². The molecule has 156 valence electrons. The van der Waals surface area contributed by atoms with Gasteiger partial charge in [0.1, 0.15) is 11.5 Å². The number of methoxy groups -OCH3 is 2. The molecule has 3 aromatic carbocycles. The van der Waals surface area contributed by atoms with Gasteiger partial charge in [0.2, 0.25) is 0 Å². The van der Waals surface area contributed by atoms with Gasteiger partial charge in [-0.3, -0.25) is 4.79 Å². The third-order valence-corrected chi connectivity index (χ3v) is 5.37. The average molecular weight is 453 g/mol. The Morgan fingerprint density at radius 3 is 2.48 bits per heavy atom. The minimum absolute atomic E-state index is 0.309. The van der Waals surface area contributed by atoms with Crippen molar-refractivity contribution in [2.24, 2.45) is 0 Å². The lowest BCUT2D eigenvalue weighted by Gasteiger charge is -2.14. The zero-order valence-electron chi connectivity index (χ0n) is 16.8. The molecule has 1 N–H and O–H groups in total. The van der Waals surface area contributed by atoms with Crippen LogP contribution in [-0.2, 0) is 0 Å². The van der Waals surface area contributed by atoms with Gasteiger partial charge in [0.25, 0.3) is 5.91 Å². The fourth-order valence-electron chi connectivity index (χ4n) is 3.30. The molecule has 31 heavy (non-hydrogen) atoms. The third-order valence-electron chi connectivity index (χ3n) is 4.82. The molecule has 0 bridgehead atoms. The van der Waals surface area contributed by atoms with E-state index in [1.807, 2.05) is 24.3 Å². The Kier molecular flexibility index (Phi) is 5.98. The minimum atomic E-state index is -0.309. The first-order valence-corrected chi connectivity index (χ1v) is 10.1. The third kappa shape index (κ3) is 4.29. The Morgan fingerprint density at radius 2 is 1.74 bits per heavy atom. The summed E-state index contributed by atoms with van der Waals surface area (Å²) >= 11 is 12.4. The lowest BCUT2D eigenvalue weighted by molar-refractivity contribution is 0.102. The second-order valence-corrected chi connectivity index (χ2v) is 7.56. The number of nitrogens with one attached hydrogen (secondary N) is 1. The van der Waals surface area contributed by atoms with Gasteiger partial charge in [0.05, 0.1) is 41.7 Å². The van der Waals surface area contributed by atoms with Crippen molar-refractivity contribution in [2.75, 3.05) is 19.5 Å². The molecule has 0 saturated carbocycles. The van der Waals surface area contributed by atoms with E-state index >= 15 is 0 Å². The van der Waals surface area contributed by atoms with Gasteiger partial charge >= 0.3 is 0 Å². The van der Waals surface area contributed by atoms with E-state index in [0.29, 0.717) is 49.6 Å². The highest BCUT2D eigenvalue weighted by Crippen LogP contribution is 2.33. The van der Waals surface area contributed by atoms with E-state index in [-0.39, 0.29) is 5.91 Å². The zero-order chi connectivity index (χ0) is 22.0. The summed E-state index contributed by atoms with van der Waals surface area (Å²) in [5, 5.41) is 4.62. The number of para-hydroxylation sites is 1. The number of ether oxygens (including phenoxy) is 2. The van der Waals surface area contributed by atoms with Gasteiger partial charge in [-0.05, 0) is 42.5 Å². The highest BCUT2D eigenvalue weighted by Gasteiger charge is 2.17. The maximum Gasteiger partial charge on any atom is 0.256 e. The van der Waals surface area contributed by atoms with Crippen molar-refractivity contribution < 1.29 is 14.3 Å². The number of carbonyl (C=O) groups is 1. The number of fused-ring (bicyclic) bond motifs is 1. The lowest BCUT2D eigenvalue weighted by atomic mass is 10.0. The van der Waals surface area contributed by atoms with Crippen molar-refractivity contribution >= 4 is 45.7 Å². The largest absolute Gasteiger partial charge is 0.497 e. The van der Waals surface area contributed by atoms with Crippen molar-refractivity contribution in [3.8, 4) is 22.8 Å². The van der Waals surface area contributed by atoms with E-state index in [1.165, 1.54) is 0 Å². The Hall–Kier alpha value is -3.28. The van der Waals surface area contributed by atoms with E-state index in [9.17, 15) is 4.79 Å². The number of anilines is 1. The molecule has 0 atom stereocenters. The Labute approximate surface area is 189 Å². The van der Waals surface area contributed by atoms with Crippen LogP contribution in [0, 0.1) is 0 Å². The van der Waals surface area contributed by atoms with Gasteiger partial charge in [0.15, 0.2) is 0 Å². The summed E-state index contributed by atoms with van der Waals surface area (Å²) < 4.78 is 10.6. The van der Waals surface area contributed by atoms with E-state index in [0.717, 1.165) is 5.39 Å². The monoisotopic (exact) mass is 452 g/mol. The van der Waals surface area contributed by atoms with Gasteiger partial charge in [-0.1, -0.05) is 41.4 Å². The molecule has 1 amide bonds. The summed E-state index contributed by atoms with van der Waals surface area (Å²) in [4.78, 5) is 18.0. The molecule has 0 fully saturated rings. The van der Waals surface area contributed by atoms with Gasteiger partial charge in [-0.15, -0.1) is 0 Å².